The number of rotatable bonds is 6. The van der Waals surface area contributed by atoms with Gasteiger partial charge < -0.3 is 5.11 Å². The van der Waals surface area contributed by atoms with Crippen LogP contribution in [0.2, 0.25) is 0 Å². The average Bonchev–Trinajstić information content (AvgIpc) is 2.89. The highest BCUT2D eigenvalue weighted by Gasteiger charge is 2.45. The zero-order chi connectivity index (χ0) is 13.3. The third kappa shape index (κ3) is 2.53. The second kappa shape index (κ2) is 5.14. The number of hydrogen-bond acceptors (Lipinski definition) is 3. The second-order valence-corrected chi connectivity index (χ2v) is 7.02. The van der Waals surface area contributed by atoms with Gasteiger partial charge >= 0.3 is 5.97 Å². The van der Waals surface area contributed by atoms with Crippen LogP contribution in [-0.2, 0) is 15.0 Å². The van der Waals surface area contributed by atoms with Crippen LogP contribution in [0.5, 0.6) is 0 Å². The molecule has 2 rings (SSSR count). The lowest BCUT2D eigenvalue weighted by Crippen LogP contribution is -2.48. The minimum Gasteiger partial charge on any atom is -0.480 e. The summed E-state index contributed by atoms with van der Waals surface area (Å²) in [5.41, 5.74) is 0. The van der Waals surface area contributed by atoms with Gasteiger partial charge in [-0.2, -0.15) is 17.0 Å². The summed E-state index contributed by atoms with van der Waals surface area (Å²) in [6.07, 6.45) is 3.57. The van der Waals surface area contributed by atoms with Gasteiger partial charge in [-0.3, -0.25) is 4.79 Å². The summed E-state index contributed by atoms with van der Waals surface area (Å²) in [5.74, 6) is -0.630. The molecule has 1 saturated heterocycles. The van der Waals surface area contributed by atoms with Crippen LogP contribution in [0.4, 0.5) is 0 Å². The molecule has 2 unspecified atom stereocenters. The van der Waals surface area contributed by atoms with Gasteiger partial charge in [0.2, 0.25) is 0 Å². The Hall–Kier alpha value is -0.660. The quantitative estimate of drug-likeness (QED) is 0.767. The Morgan fingerprint density at radius 2 is 2.17 bits per heavy atom. The standard InChI is InChI=1S/C11H20N2O4S/c1-2-5-12(8-11(14)15)18(16,17)13-7-9-3-4-10(13)6-9/h9-10H,2-8H2,1H3,(H,14,15). The fourth-order valence-electron chi connectivity index (χ4n) is 2.99. The maximum Gasteiger partial charge on any atom is 0.318 e. The van der Waals surface area contributed by atoms with Crippen LogP contribution in [0.25, 0.3) is 0 Å². The van der Waals surface area contributed by atoms with E-state index >= 15 is 0 Å². The van der Waals surface area contributed by atoms with Crippen molar-refractivity contribution in [3.8, 4) is 0 Å². The molecule has 0 radical (unpaired) electrons. The molecule has 6 nitrogen and oxygen atoms in total. The Morgan fingerprint density at radius 3 is 2.61 bits per heavy atom. The van der Waals surface area contributed by atoms with Gasteiger partial charge in [0.25, 0.3) is 10.2 Å². The number of piperidine rings is 1. The van der Waals surface area contributed by atoms with Crippen molar-refractivity contribution >= 4 is 16.2 Å². The summed E-state index contributed by atoms with van der Waals surface area (Å²) in [7, 11) is -3.60. The first-order valence-corrected chi connectivity index (χ1v) is 7.83. The Labute approximate surface area is 108 Å². The van der Waals surface area contributed by atoms with Crippen LogP contribution in [-0.4, -0.2) is 53.8 Å². The molecule has 1 saturated carbocycles. The number of fused-ring (bicyclic) bond motifs is 2. The normalized spacial score (nSPS) is 28.1. The van der Waals surface area contributed by atoms with Gasteiger partial charge in [-0.15, -0.1) is 0 Å². The van der Waals surface area contributed by atoms with Crippen LogP contribution in [0.15, 0.2) is 0 Å². The summed E-state index contributed by atoms with van der Waals surface area (Å²) in [6, 6.07) is 0.0909. The summed E-state index contributed by atoms with van der Waals surface area (Å²) in [5, 5.41) is 8.82. The van der Waals surface area contributed by atoms with Gasteiger partial charge in [-0.1, -0.05) is 6.92 Å². The fraction of sp³-hybridized carbons (Fsp3) is 0.909. The molecule has 0 spiro atoms. The van der Waals surface area contributed by atoms with E-state index in [9.17, 15) is 13.2 Å². The maximum atomic E-state index is 12.4. The minimum atomic E-state index is -3.60. The molecule has 2 aliphatic rings. The SMILES string of the molecule is CCCN(CC(=O)O)S(=O)(=O)N1CC2CCC1C2. The molecule has 0 aromatic heterocycles. The van der Waals surface area contributed by atoms with Crippen LogP contribution >= 0.6 is 0 Å². The Bertz CT molecular complexity index is 423. The molecule has 2 bridgehead atoms. The molecule has 104 valence electrons. The van der Waals surface area contributed by atoms with E-state index < -0.39 is 22.7 Å². The van der Waals surface area contributed by atoms with Crippen molar-refractivity contribution < 1.29 is 18.3 Å². The molecule has 2 fully saturated rings. The molecule has 1 N–H and O–H groups in total. The minimum absolute atomic E-state index is 0.0909. The number of carboxylic acids is 1. The lowest BCUT2D eigenvalue weighted by molar-refractivity contribution is -0.137. The first-order valence-electron chi connectivity index (χ1n) is 6.43. The Morgan fingerprint density at radius 1 is 1.44 bits per heavy atom. The molecule has 18 heavy (non-hydrogen) atoms. The van der Waals surface area contributed by atoms with Crippen LogP contribution < -0.4 is 0 Å². The molecular formula is C11H20N2O4S. The van der Waals surface area contributed by atoms with E-state index in [-0.39, 0.29) is 12.6 Å². The molecular weight excluding hydrogens is 256 g/mol. The Balaban J connectivity index is 2.14. The predicted molar refractivity (Wildman–Crippen MR) is 66.3 cm³/mol. The maximum absolute atomic E-state index is 12.4. The zero-order valence-corrected chi connectivity index (χ0v) is 11.4. The first-order chi connectivity index (χ1) is 8.45. The van der Waals surface area contributed by atoms with Gasteiger partial charge in [-0.05, 0) is 31.6 Å². The van der Waals surface area contributed by atoms with E-state index in [0.29, 0.717) is 18.9 Å². The first kappa shape index (κ1) is 13.8. The predicted octanol–water partition coefficient (Wildman–Crippen LogP) is 0.512. The lowest BCUT2D eigenvalue weighted by Gasteiger charge is -2.31. The Kier molecular flexibility index (Phi) is 3.93. The number of nitrogens with zero attached hydrogens (tertiary/aromatic N) is 2. The van der Waals surface area contributed by atoms with Crippen molar-refractivity contribution in [2.75, 3.05) is 19.6 Å². The van der Waals surface area contributed by atoms with E-state index in [4.69, 9.17) is 5.11 Å². The molecule has 2 atom stereocenters. The lowest BCUT2D eigenvalue weighted by atomic mass is 10.1. The summed E-state index contributed by atoms with van der Waals surface area (Å²) in [4.78, 5) is 10.8. The highest BCUT2D eigenvalue weighted by atomic mass is 32.2. The van der Waals surface area contributed by atoms with Crippen molar-refractivity contribution in [2.45, 2.75) is 38.6 Å². The van der Waals surface area contributed by atoms with Crippen LogP contribution in [0, 0.1) is 5.92 Å². The van der Waals surface area contributed by atoms with Crippen molar-refractivity contribution in [1.82, 2.24) is 8.61 Å². The number of hydrogen-bond donors (Lipinski definition) is 1. The van der Waals surface area contributed by atoms with E-state index in [1.807, 2.05) is 6.92 Å². The highest BCUT2D eigenvalue weighted by molar-refractivity contribution is 7.86. The van der Waals surface area contributed by atoms with Crippen molar-refractivity contribution in [3.63, 3.8) is 0 Å². The van der Waals surface area contributed by atoms with Gasteiger partial charge in [0.05, 0.1) is 0 Å². The van der Waals surface area contributed by atoms with Gasteiger partial charge in [0.1, 0.15) is 6.54 Å². The molecule has 0 aromatic carbocycles. The smallest absolute Gasteiger partial charge is 0.318 e. The number of carbonyl (C=O) groups is 1. The largest absolute Gasteiger partial charge is 0.480 e. The molecule has 1 heterocycles. The monoisotopic (exact) mass is 276 g/mol. The van der Waals surface area contributed by atoms with E-state index in [1.165, 1.54) is 4.31 Å². The van der Waals surface area contributed by atoms with Crippen molar-refractivity contribution in [1.29, 1.82) is 0 Å². The van der Waals surface area contributed by atoms with Gasteiger partial charge in [0, 0.05) is 19.1 Å². The molecule has 0 amide bonds. The third-order valence-corrected chi connectivity index (χ3v) is 5.77. The van der Waals surface area contributed by atoms with E-state index in [2.05, 4.69) is 0 Å². The van der Waals surface area contributed by atoms with Crippen LogP contribution in [0.3, 0.4) is 0 Å². The second-order valence-electron chi connectivity index (χ2n) is 5.14. The van der Waals surface area contributed by atoms with Crippen LogP contribution in [0.1, 0.15) is 32.6 Å². The molecule has 1 aliphatic heterocycles. The summed E-state index contributed by atoms with van der Waals surface area (Å²) >= 11 is 0. The number of carboxylic acid groups (broad SMARTS) is 1. The highest BCUT2D eigenvalue weighted by Crippen LogP contribution is 2.39. The van der Waals surface area contributed by atoms with E-state index in [0.717, 1.165) is 23.6 Å². The van der Waals surface area contributed by atoms with Crippen molar-refractivity contribution in [2.24, 2.45) is 5.92 Å². The average molecular weight is 276 g/mol. The molecule has 0 aromatic rings. The molecule has 1 aliphatic carbocycles. The van der Waals surface area contributed by atoms with Gasteiger partial charge in [-0.25, -0.2) is 0 Å². The number of aliphatic carboxylic acids is 1. The summed E-state index contributed by atoms with van der Waals surface area (Å²) in [6.45, 7) is 2.24. The molecule has 7 heteroatoms. The fourth-order valence-corrected chi connectivity index (χ4v) is 4.94. The van der Waals surface area contributed by atoms with Gasteiger partial charge in [0.15, 0.2) is 0 Å². The summed E-state index contributed by atoms with van der Waals surface area (Å²) < 4.78 is 27.5. The topological polar surface area (TPSA) is 77.9 Å². The van der Waals surface area contributed by atoms with Crippen molar-refractivity contribution in [3.05, 3.63) is 0 Å². The zero-order valence-electron chi connectivity index (χ0n) is 10.6. The van der Waals surface area contributed by atoms with E-state index in [1.54, 1.807) is 0 Å². The third-order valence-electron chi connectivity index (χ3n) is 3.77.